The fraction of sp³-hybridized carbons (Fsp3) is 0.857. The maximum absolute atomic E-state index is 9.83. The minimum atomic E-state index is -1.09. The number of allylic oxidation sites excluding steroid dienone is 1. The highest BCUT2D eigenvalue weighted by molar-refractivity contribution is 4.87. The highest BCUT2D eigenvalue weighted by Crippen LogP contribution is 2.18. The number of hydrogen-bond donors (Lipinski definition) is 3. The zero-order chi connectivity index (χ0) is 14.1. The Hall–Kier alpha value is -0.460. The smallest absolute Gasteiger partial charge is 0.111 e. The van der Waals surface area contributed by atoms with Crippen LogP contribution in [0, 0.1) is 0 Å². The fourth-order valence-corrected chi connectivity index (χ4v) is 2.14. The average Bonchev–Trinajstić information content (AvgIpc) is 2.42. The second kappa shape index (κ2) is 9.44. The topological polar surface area (TPSA) is 79.2 Å². The minimum absolute atomic E-state index is 0.208. The Morgan fingerprint density at radius 1 is 1.16 bits per heavy atom. The molecule has 1 rings (SSSR count). The molecule has 0 aromatic heterocycles. The van der Waals surface area contributed by atoms with E-state index in [2.05, 4.69) is 6.58 Å². The summed E-state index contributed by atoms with van der Waals surface area (Å²) in [4.78, 5) is 0. The minimum Gasteiger partial charge on any atom is -0.394 e. The van der Waals surface area contributed by atoms with Gasteiger partial charge in [0.25, 0.3) is 0 Å². The van der Waals surface area contributed by atoms with Crippen molar-refractivity contribution in [3.05, 3.63) is 12.7 Å². The molecule has 1 aliphatic rings. The summed E-state index contributed by atoms with van der Waals surface area (Å²) in [6, 6.07) is 0. The molecule has 1 aliphatic heterocycles. The maximum Gasteiger partial charge on any atom is 0.111 e. The quantitative estimate of drug-likeness (QED) is 0.424. The van der Waals surface area contributed by atoms with E-state index in [1.165, 1.54) is 0 Å². The van der Waals surface area contributed by atoms with Gasteiger partial charge < -0.3 is 24.8 Å². The van der Waals surface area contributed by atoms with Crippen LogP contribution >= 0.6 is 0 Å². The molecule has 0 aromatic carbocycles. The molecule has 1 saturated heterocycles. The zero-order valence-electron chi connectivity index (χ0n) is 11.4. The van der Waals surface area contributed by atoms with Crippen LogP contribution in [-0.2, 0) is 9.47 Å². The SMILES string of the molecule is C=CCCCCCCO[C@@H]1CO[C@@H](CO)[C@H](O)[C@H]1O. The molecule has 0 aromatic rings. The van der Waals surface area contributed by atoms with E-state index in [1.807, 2.05) is 6.08 Å². The van der Waals surface area contributed by atoms with Crippen molar-refractivity contribution in [3.63, 3.8) is 0 Å². The van der Waals surface area contributed by atoms with E-state index in [0.717, 1.165) is 32.1 Å². The van der Waals surface area contributed by atoms with Crippen molar-refractivity contribution in [1.82, 2.24) is 0 Å². The van der Waals surface area contributed by atoms with E-state index in [1.54, 1.807) is 0 Å². The first-order valence-corrected chi connectivity index (χ1v) is 7.01. The highest BCUT2D eigenvalue weighted by atomic mass is 16.6. The molecule has 0 radical (unpaired) electrons. The second-order valence-electron chi connectivity index (χ2n) is 4.94. The molecule has 0 spiro atoms. The Morgan fingerprint density at radius 3 is 2.58 bits per heavy atom. The summed E-state index contributed by atoms with van der Waals surface area (Å²) in [7, 11) is 0. The summed E-state index contributed by atoms with van der Waals surface area (Å²) in [6.45, 7) is 4.14. The first-order chi connectivity index (χ1) is 9.20. The summed E-state index contributed by atoms with van der Waals surface area (Å²) in [5, 5.41) is 28.5. The van der Waals surface area contributed by atoms with Gasteiger partial charge in [-0.15, -0.1) is 6.58 Å². The molecule has 4 atom stereocenters. The van der Waals surface area contributed by atoms with Gasteiger partial charge in [-0.25, -0.2) is 0 Å². The standard InChI is InChI=1S/C14H26O5/c1-2-3-4-5-6-7-8-18-12-10-19-11(9-15)13(16)14(12)17/h2,11-17H,1,3-10H2/t11-,12+,13-,14-/m0/s1. The lowest BCUT2D eigenvalue weighted by atomic mass is 10.0. The van der Waals surface area contributed by atoms with E-state index >= 15 is 0 Å². The normalized spacial score (nSPS) is 31.3. The second-order valence-corrected chi connectivity index (χ2v) is 4.94. The van der Waals surface area contributed by atoms with E-state index in [0.29, 0.717) is 6.61 Å². The van der Waals surface area contributed by atoms with Crippen molar-refractivity contribution in [1.29, 1.82) is 0 Å². The fourth-order valence-electron chi connectivity index (χ4n) is 2.14. The molecule has 1 heterocycles. The predicted octanol–water partition coefficient (Wildman–Crippen LogP) is 0.621. The van der Waals surface area contributed by atoms with E-state index in [4.69, 9.17) is 14.6 Å². The summed E-state index contributed by atoms with van der Waals surface area (Å²) in [6.07, 6.45) is 3.97. The lowest BCUT2D eigenvalue weighted by Gasteiger charge is -2.36. The molecule has 1 fully saturated rings. The van der Waals surface area contributed by atoms with Gasteiger partial charge in [0.1, 0.15) is 24.4 Å². The van der Waals surface area contributed by atoms with Crippen molar-refractivity contribution < 1.29 is 24.8 Å². The molecule has 3 N–H and O–H groups in total. The lowest BCUT2D eigenvalue weighted by molar-refractivity contribution is -0.208. The Labute approximate surface area is 114 Å². The number of hydrogen-bond acceptors (Lipinski definition) is 5. The van der Waals surface area contributed by atoms with Crippen molar-refractivity contribution in [2.24, 2.45) is 0 Å². The van der Waals surface area contributed by atoms with Crippen molar-refractivity contribution in [3.8, 4) is 0 Å². The van der Waals surface area contributed by atoms with E-state index in [-0.39, 0.29) is 13.2 Å². The van der Waals surface area contributed by atoms with Crippen LogP contribution in [0.4, 0.5) is 0 Å². The molecular weight excluding hydrogens is 248 g/mol. The molecule has 112 valence electrons. The van der Waals surface area contributed by atoms with Crippen LogP contribution in [0.2, 0.25) is 0 Å². The van der Waals surface area contributed by atoms with Crippen LogP contribution in [0.15, 0.2) is 12.7 Å². The van der Waals surface area contributed by atoms with Gasteiger partial charge in [0.2, 0.25) is 0 Å². The number of rotatable bonds is 9. The van der Waals surface area contributed by atoms with Gasteiger partial charge in [-0.3, -0.25) is 0 Å². The molecule has 0 unspecified atom stereocenters. The van der Waals surface area contributed by atoms with Crippen molar-refractivity contribution >= 4 is 0 Å². The number of ether oxygens (including phenoxy) is 2. The van der Waals surface area contributed by atoms with Crippen LogP contribution < -0.4 is 0 Å². The Balaban J connectivity index is 2.11. The van der Waals surface area contributed by atoms with Crippen LogP contribution in [0.3, 0.4) is 0 Å². The average molecular weight is 274 g/mol. The molecule has 19 heavy (non-hydrogen) atoms. The Kier molecular flexibility index (Phi) is 8.25. The third-order valence-electron chi connectivity index (χ3n) is 3.40. The first-order valence-electron chi connectivity index (χ1n) is 7.01. The molecule has 5 nitrogen and oxygen atoms in total. The number of aliphatic hydroxyl groups excluding tert-OH is 3. The number of aliphatic hydroxyl groups is 3. The van der Waals surface area contributed by atoms with Gasteiger partial charge in [0.05, 0.1) is 13.2 Å². The van der Waals surface area contributed by atoms with Crippen molar-refractivity contribution in [2.75, 3.05) is 19.8 Å². The van der Waals surface area contributed by atoms with Gasteiger partial charge in [0, 0.05) is 6.61 Å². The van der Waals surface area contributed by atoms with Crippen LogP contribution in [-0.4, -0.2) is 59.6 Å². The Morgan fingerprint density at radius 2 is 1.89 bits per heavy atom. The van der Waals surface area contributed by atoms with Crippen molar-refractivity contribution in [2.45, 2.75) is 56.5 Å². The Bertz CT molecular complexity index is 246. The third-order valence-corrected chi connectivity index (χ3v) is 3.40. The molecule has 0 bridgehead atoms. The highest BCUT2D eigenvalue weighted by Gasteiger charge is 2.38. The number of unbranched alkanes of at least 4 members (excludes halogenated alkanes) is 4. The summed E-state index contributed by atoms with van der Waals surface area (Å²) < 4.78 is 10.8. The monoisotopic (exact) mass is 274 g/mol. The zero-order valence-corrected chi connectivity index (χ0v) is 11.4. The van der Waals surface area contributed by atoms with Gasteiger partial charge in [-0.2, -0.15) is 0 Å². The van der Waals surface area contributed by atoms with Gasteiger partial charge in [0.15, 0.2) is 0 Å². The predicted molar refractivity (Wildman–Crippen MR) is 71.9 cm³/mol. The maximum atomic E-state index is 9.83. The summed E-state index contributed by atoms with van der Waals surface area (Å²) >= 11 is 0. The molecule has 0 amide bonds. The van der Waals surface area contributed by atoms with Gasteiger partial charge >= 0.3 is 0 Å². The lowest BCUT2D eigenvalue weighted by Crippen LogP contribution is -2.55. The third kappa shape index (κ3) is 5.58. The largest absolute Gasteiger partial charge is 0.394 e. The van der Waals surface area contributed by atoms with E-state index in [9.17, 15) is 10.2 Å². The van der Waals surface area contributed by atoms with Gasteiger partial charge in [-0.1, -0.05) is 18.9 Å². The van der Waals surface area contributed by atoms with Gasteiger partial charge in [-0.05, 0) is 19.3 Å². The van der Waals surface area contributed by atoms with Crippen LogP contribution in [0.25, 0.3) is 0 Å². The van der Waals surface area contributed by atoms with Crippen LogP contribution in [0.5, 0.6) is 0 Å². The van der Waals surface area contributed by atoms with E-state index < -0.39 is 24.4 Å². The molecule has 5 heteroatoms. The molecular formula is C14H26O5. The summed E-state index contributed by atoms with van der Waals surface area (Å²) in [5.41, 5.74) is 0. The van der Waals surface area contributed by atoms with Crippen LogP contribution in [0.1, 0.15) is 32.1 Å². The summed E-state index contributed by atoms with van der Waals surface area (Å²) in [5.74, 6) is 0. The molecule has 0 saturated carbocycles. The molecule has 0 aliphatic carbocycles. The first kappa shape index (κ1) is 16.6.